The molecule has 7 heteroatoms. The summed E-state index contributed by atoms with van der Waals surface area (Å²) in [5.74, 6) is 0.399. The Labute approximate surface area is 218 Å². The van der Waals surface area contributed by atoms with Gasteiger partial charge in [0.15, 0.2) is 0 Å². The second-order valence-electron chi connectivity index (χ2n) is 9.00. The van der Waals surface area contributed by atoms with Gasteiger partial charge in [-0.3, -0.25) is 9.10 Å². The third-order valence-corrected chi connectivity index (χ3v) is 7.94. The van der Waals surface area contributed by atoms with Gasteiger partial charge in [0.2, 0.25) is 5.91 Å². The van der Waals surface area contributed by atoms with Gasteiger partial charge < -0.3 is 10.1 Å². The summed E-state index contributed by atoms with van der Waals surface area (Å²) in [5.41, 5.74) is 1.65. The molecule has 1 N–H and O–H groups in total. The summed E-state index contributed by atoms with van der Waals surface area (Å²) >= 11 is 0. The van der Waals surface area contributed by atoms with Gasteiger partial charge in [0.25, 0.3) is 10.0 Å². The average Bonchev–Trinajstić information content (AvgIpc) is 2.92. The number of hydrogen-bond acceptors (Lipinski definition) is 4. The van der Waals surface area contributed by atoms with Gasteiger partial charge in [-0.2, -0.15) is 0 Å². The molecule has 0 fully saturated rings. The SMILES string of the molecule is CCOc1ccc(S(=O)(=O)N(CC(=O)NCC(C)Cc2cccc3ccccc23)c2ccccc2)cc1. The van der Waals surface area contributed by atoms with Crippen LogP contribution in [-0.4, -0.2) is 34.0 Å². The number of nitrogens with one attached hydrogen (secondary N) is 1. The van der Waals surface area contributed by atoms with Crippen LogP contribution >= 0.6 is 0 Å². The van der Waals surface area contributed by atoms with Crippen molar-refractivity contribution in [3.8, 4) is 5.75 Å². The topological polar surface area (TPSA) is 75.7 Å². The summed E-state index contributed by atoms with van der Waals surface area (Å²) in [7, 11) is -3.98. The Kier molecular flexibility index (Phi) is 8.46. The van der Waals surface area contributed by atoms with E-state index in [1.807, 2.05) is 25.1 Å². The largest absolute Gasteiger partial charge is 0.494 e. The summed E-state index contributed by atoms with van der Waals surface area (Å²) in [6.45, 7) is 4.55. The molecule has 4 aromatic carbocycles. The number of sulfonamides is 1. The van der Waals surface area contributed by atoms with Crippen LogP contribution in [0.2, 0.25) is 0 Å². The summed E-state index contributed by atoms with van der Waals surface area (Å²) in [6, 6.07) is 29.4. The van der Waals surface area contributed by atoms with Crippen LogP contribution in [0, 0.1) is 5.92 Å². The fourth-order valence-corrected chi connectivity index (χ4v) is 5.72. The van der Waals surface area contributed by atoms with Crippen LogP contribution in [0.3, 0.4) is 0 Å². The standard InChI is InChI=1S/C30H32N2O4S/c1-3-36-27-16-18-28(19-17-27)37(34,35)32(26-13-5-4-6-14-26)22-30(33)31-21-23(2)20-25-12-9-11-24-10-7-8-15-29(24)25/h4-19,23H,3,20-22H2,1-2H3,(H,31,33). The molecule has 0 aliphatic carbocycles. The summed E-state index contributed by atoms with van der Waals surface area (Å²) in [4.78, 5) is 13.1. The van der Waals surface area contributed by atoms with E-state index < -0.39 is 10.0 Å². The van der Waals surface area contributed by atoms with Gasteiger partial charge in [0.1, 0.15) is 12.3 Å². The normalized spacial score (nSPS) is 12.2. The molecule has 1 amide bonds. The van der Waals surface area contributed by atoms with Crippen LogP contribution in [0.25, 0.3) is 10.8 Å². The number of carbonyl (C=O) groups is 1. The minimum absolute atomic E-state index is 0.0944. The lowest BCUT2D eigenvalue weighted by atomic mass is 9.96. The lowest BCUT2D eigenvalue weighted by Crippen LogP contribution is -2.42. The van der Waals surface area contributed by atoms with Crippen molar-refractivity contribution in [1.82, 2.24) is 5.32 Å². The first-order chi connectivity index (χ1) is 17.9. The van der Waals surface area contributed by atoms with Crippen molar-refractivity contribution in [3.63, 3.8) is 0 Å². The molecule has 0 saturated carbocycles. The summed E-state index contributed by atoms with van der Waals surface area (Å²) < 4.78 is 33.7. The molecular formula is C30H32N2O4S. The predicted molar refractivity (Wildman–Crippen MR) is 148 cm³/mol. The fourth-order valence-electron chi connectivity index (χ4n) is 4.30. The molecular weight excluding hydrogens is 484 g/mol. The van der Waals surface area contributed by atoms with Crippen molar-refractivity contribution in [2.45, 2.75) is 25.2 Å². The second kappa shape index (κ2) is 11.9. The first-order valence-corrected chi connectivity index (χ1v) is 13.9. The highest BCUT2D eigenvalue weighted by Crippen LogP contribution is 2.25. The van der Waals surface area contributed by atoms with E-state index in [0.717, 1.165) is 10.7 Å². The van der Waals surface area contributed by atoms with Crippen molar-refractivity contribution < 1.29 is 17.9 Å². The highest BCUT2D eigenvalue weighted by molar-refractivity contribution is 7.92. The first kappa shape index (κ1) is 26.2. The summed E-state index contributed by atoms with van der Waals surface area (Å²) in [5, 5.41) is 5.33. The zero-order chi connectivity index (χ0) is 26.3. The third-order valence-electron chi connectivity index (χ3n) is 6.15. The molecule has 0 aromatic heterocycles. The quantitative estimate of drug-likeness (QED) is 0.289. The Morgan fingerprint density at radius 2 is 1.57 bits per heavy atom. The Morgan fingerprint density at radius 3 is 2.30 bits per heavy atom. The molecule has 4 aromatic rings. The van der Waals surface area contributed by atoms with Crippen molar-refractivity contribution in [3.05, 3.63) is 103 Å². The van der Waals surface area contributed by atoms with Crippen LogP contribution < -0.4 is 14.4 Å². The van der Waals surface area contributed by atoms with Crippen molar-refractivity contribution in [2.24, 2.45) is 5.92 Å². The number of hydrogen-bond donors (Lipinski definition) is 1. The molecule has 0 bridgehead atoms. The minimum atomic E-state index is -3.98. The Hall–Kier alpha value is -3.84. The zero-order valence-electron chi connectivity index (χ0n) is 21.1. The van der Waals surface area contributed by atoms with Crippen LogP contribution in [0.4, 0.5) is 5.69 Å². The number of ether oxygens (including phenoxy) is 1. The van der Waals surface area contributed by atoms with E-state index in [0.29, 0.717) is 24.6 Å². The Bertz CT molecular complexity index is 1430. The number of amides is 1. The molecule has 0 heterocycles. The number of carbonyl (C=O) groups excluding carboxylic acids is 1. The number of rotatable bonds is 11. The number of fused-ring (bicyclic) bond motifs is 1. The molecule has 1 unspecified atom stereocenters. The predicted octanol–water partition coefficient (Wildman–Crippen LogP) is 5.43. The van der Waals surface area contributed by atoms with Crippen LogP contribution in [0.15, 0.2) is 102 Å². The van der Waals surface area contributed by atoms with E-state index >= 15 is 0 Å². The minimum Gasteiger partial charge on any atom is -0.494 e. The van der Waals surface area contributed by atoms with E-state index in [-0.39, 0.29) is 23.3 Å². The van der Waals surface area contributed by atoms with Gasteiger partial charge in [0.05, 0.1) is 17.2 Å². The lowest BCUT2D eigenvalue weighted by molar-refractivity contribution is -0.119. The van der Waals surface area contributed by atoms with Gasteiger partial charge in [-0.05, 0) is 72.0 Å². The monoisotopic (exact) mass is 516 g/mol. The maximum atomic E-state index is 13.5. The van der Waals surface area contributed by atoms with Gasteiger partial charge in [-0.15, -0.1) is 0 Å². The van der Waals surface area contributed by atoms with E-state index in [4.69, 9.17) is 4.74 Å². The Balaban J connectivity index is 1.46. The molecule has 1 atom stereocenters. The smallest absolute Gasteiger partial charge is 0.264 e. The summed E-state index contributed by atoms with van der Waals surface area (Å²) in [6.07, 6.45) is 0.800. The molecule has 0 radical (unpaired) electrons. The maximum absolute atomic E-state index is 13.5. The van der Waals surface area contributed by atoms with Gasteiger partial charge >= 0.3 is 0 Å². The number of para-hydroxylation sites is 1. The van der Waals surface area contributed by atoms with Crippen LogP contribution in [0.1, 0.15) is 19.4 Å². The number of benzene rings is 4. The second-order valence-corrected chi connectivity index (χ2v) is 10.9. The van der Waals surface area contributed by atoms with Gasteiger partial charge in [-0.1, -0.05) is 67.6 Å². The third kappa shape index (κ3) is 6.49. The maximum Gasteiger partial charge on any atom is 0.264 e. The van der Waals surface area contributed by atoms with Crippen molar-refractivity contribution in [1.29, 1.82) is 0 Å². The average molecular weight is 517 g/mol. The number of anilines is 1. The molecule has 192 valence electrons. The first-order valence-electron chi connectivity index (χ1n) is 12.4. The van der Waals surface area contributed by atoms with Gasteiger partial charge in [-0.25, -0.2) is 8.42 Å². The van der Waals surface area contributed by atoms with Crippen LogP contribution in [-0.2, 0) is 21.2 Å². The molecule has 0 aliphatic rings. The van der Waals surface area contributed by atoms with E-state index in [1.54, 1.807) is 42.5 Å². The van der Waals surface area contributed by atoms with Gasteiger partial charge in [0, 0.05) is 6.54 Å². The fraction of sp³-hybridized carbons (Fsp3) is 0.233. The molecule has 0 aliphatic heterocycles. The molecule has 4 rings (SSSR count). The van der Waals surface area contributed by atoms with E-state index in [2.05, 4.69) is 36.5 Å². The van der Waals surface area contributed by atoms with Crippen molar-refractivity contribution >= 4 is 32.4 Å². The highest BCUT2D eigenvalue weighted by atomic mass is 32.2. The molecule has 0 saturated heterocycles. The van der Waals surface area contributed by atoms with Crippen LogP contribution in [0.5, 0.6) is 5.75 Å². The van der Waals surface area contributed by atoms with E-state index in [9.17, 15) is 13.2 Å². The number of nitrogens with zero attached hydrogens (tertiary/aromatic N) is 1. The highest BCUT2D eigenvalue weighted by Gasteiger charge is 2.27. The molecule has 0 spiro atoms. The molecule has 37 heavy (non-hydrogen) atoms. The Morgan fingerprint density at radius 1 is 0.892 bits per heavy atom. The molecule has 6 nitrogen and oxygen atoms in total. The van der Waals surface area contributed by atoms with Crippen molar-refractivity contribution in [2.75, 3.05) is 24.0 Å². The zero-order valence-corrected chi connectivity index (χ0v) is 21.9. The lowest BCUT2D eigenvalue weighted by Gasteiger charge is -2.24. The van der Waals surface area contributed by atoms with E-state index in [1.165, 1.54) is 28.5 Å².